The van der Waals surface area contributed by atoms with E-state index in [0.29, 0.717) is 11.5 Å². The third kappa shape index (κ3) is 4.38. The summed E-state index contributed by atoms with van der Waals surface area (Å²) in [4.78, 5) is 12.3. The number of hydrazine groups is 1. The maximum absolute atomic E-state index is 12.3. The largest absolute Gasteiger partial charge is 0.298 e. The van der Waals surface area contributed by atoms with Crippen molar-refractivity contribution in [1.82, 2.24) is 10.9 Å². The Hall–Kier alpha value is -2.29. The summed E-state index contributed by atoms with van der Waals surface area (Å²) in [6.07, 6.45) is 5.27. The highest BCUT2D eigenvalue weighted by Gasteiger charge is 2.16. The van der Waals surface area contributed by atoms with Gasteiger partial charge in [-0.05, 0) is 49.0 Å². The third-order valence-electron chi connectivity index (χ3n) is 4.43. The molecule has 2 rings (SSSR count). The van der Waals surface area contributed by atoms with Gasteiger partial charge in [0.1, 0.15) is 0 Å². The van der Waals surface area contributed by atoms with Gasteiger partial charge in [0.15, 0.2) is 0 Å². The number of carbonyl (C=O) groups is 1. The predicted molar refractivity (Wildman–Crippen MR) is 101 cm³/mol. The summed E-state index contributed by atoms with van der Waals surface area (Å²) in [5.74, 6) is 0.181. The first-order valence-electron chi connectivity index (χ1n) is 8.39. The molecule has 24 heavy (non-hydrogen) atoms. The second-order valence-corrected chi connectivity index (χ2v) is 7.56. The Morgan fingerprint density at radius 1 is 1.21 bits per heavy atom. The second-order valence-electron chi connectivity index (χ2n) is 7.56. The molecule has 0 aliphatic heterocycles. The normalized spacial score (nSPS) is 17.6. The molecule has 0 radical (unpaired) electrons. The van der Waals surface area contributed by atoms with Crippen LogP contribution < -0.4 is 10.9 Å². The Balaban J connectivity index is 2.02. The van der Waals surface area contributed by atoms with Crippen LogP contribution in [0.4, 0.5) is 0 Å². The van der Waals surface area contributed by atoms with Crippen LogP contribution >= 0.6 is 0 Å². The highest BCUT2D eigenvalue weighted by molar-refractivity contribution is 5.94. The summed E-state index contributed by atoms with van der Waals surface area (Å²) in [6.45, 7) is 14.6. The molecule has 0 fully saturated rings. The predicted octanol–water partition coefficient (Wildman–Crippen LogP) is 4.64. The Labute approximate surface area is 145 Å². The van der Waals surface area contributed by atoms with Crippen LogP contribution in [0.15, 0.2) is 59.8 Å². The van der Waals surface area contributed by atoms with E-state index < -0.39 is 0 Å². The summed E-state index contributed by atoms with van der Waals surface area (Å²) < 4.78 is 0. The van der Waals surface area contributed by atoms with Gasteiger partial charge in [-0.25, -0.2) is 0 Å². The minimum Gasteiger partial charge on any atom is -0.298 e. The lowest BCUT2D eigenvalue weighted by Gasteiger charge is -2.22. The fourth-order valence-corrected chi connectivity index (χ4v) is 2.62. The third-order valence-corrected chi connectivity index (χ3v) is 4.43. The number of hydrogen-bond acceptors (Lipinski definition) is 2. The van der Waals surface area contributed by atoms with Gasteiger partial charge in [0.2, 0.25) is 0 Å². The molecular formula is C21H28N2O. The molecule has 1 aliphatic carbocycles. The molecule has 1 atom stereocenters. The zero-order chi connectivity index (χ0) is 17.9. The van der Waals surface area contributed by atoms with Gasteiger partial charge in [0.25, 0.3) is 5.91 Å². The van der Waals surface area contributed by atoms with E-state index in [1.54, 1.807) is 0 Å². The van der Waals surface area contributed by atoms with E-state index in [4.69, 9.17) is 0 Å². The van der Waals surface area contributed by atoms with Crippen molar-refractivity contribution in [3.63, 3.8) is 0 Å². The summed E-state index contributed by atoms with van der Waals surface area (Å²) >= 11 is 0. The van der Waals surface area contributed by atoms with Gasteiger partial charge in [-0.15, -0.1) is 0 Å². The van der Waals surface area contributed by atoms with Crippen molar-refractivity contribution >= 4 is 5.91 Å². The number of rotatable bonds is 4. The first-order valence-corrected chi connectivity index (χ1v) is 8.39. The van der Waals surface area contributed by atoms with Gasteiger partial charge >= 0.3 is 0 Å². The number of nitrogens with one attached hydrogen (secondary N) is 2. The molecule has 0 heterocycles. The average Bonchev–Trinajstić information content (AvgIpc) is 2.52. The molecule has 0 bridgehead atoms. The van der Waals surface area contributed by atoms with Gasteiger partial charge in [-0.1, -0.05) is 57.2 Å². The number of amides is 1. The van der Waals surface area contributed by atoms with Crippen molar-refractivity contribution in [3.05, 3.63) is 71.0 Å². The maximum atomic E-state index is 12.3. The molecule has 3 nitrogen and oxygen atoms in total. The molecule has 0 saturated heterocycles. The molecular weight excluding hydrogens is 296 g/mol. The fraction of sp³-hybridized carbons (Fsp3) is 0.381. The Morgan fingerprint density at radius 3 is 2.38 bits per heavy atom. The van der Waals surface area contributed by atoms with E-state index >= 15 is 0 Å². The SMILES string of the molecule is C=C(C)C1C=C(NNC(=O)c2ccc(C(C)(C)C)cc2)C(C)=CC1. The van der Waals surface area contributed by atoms with Gasteiger partial charge < -0.3 is 0 Å². The second kappa shape index (κ2) is 7.08. The first-order chi connectivity index (χ1) is 11.2. The number of allylic oxidation sites excluding steroid dienone is 4. The van der Waals surface area contributed by atoms with Crippen molar-refractivity contribution in [2.75, 3.05) is 0 Å². The summed E-state index contributed by atoms with van der Waals surface area (Å²) in [7, 11) is 0. The quantitative estimate of drug-likeness (QED) is 0.625. The molecule has 1 amide bonds. The summed E-state index contributed by atoms with van der Waals surface area (Å²) in [5, 5.41) is 0. The van der Waals surface area contributed by atoms with Crippen LogP contribution in [0, 0.1) is 5.92 Å². The number of carbonyl (C=O) groups excluding carboxylic acids is 1. The van der Waals surface area contributed by atoms with Crippen molar-refractivity contribution in [3.8, 4) is 0 Å². The monoisotopic (exact) mass is 324 g/mol. The lowest BCUT2D eigenvalue weighted by atomic mass is 9.87. The maximum Gasteiger partial charge on any atom is 0.269 e. The molecule has 0 aromatic heterocycles. The van der Waals surface area contributed by atoms with Crippen LogP contribution in [0.5, 0.6) is 0 Å². The topological polar surface area (TPSA) is 41.1 Å². The minimum absolute atomic E-state index is 0.0830. The van der Waals surface area contributed by atoms with Crippen LogP contribution in [0.25, 0.3) is 0 Å². The van der Waals surface area contributed by atoms with E-state index in [-0.39, 0.29) is 11.3 Å². The Morgan fingerprint density at radius 2 is 1.83 bits per heavy atom. The van der Waals surface area contributed by atoms with E-state index in [0.717, 1.165) is 23.3 Å². The van der Waals surface area contributed by atoms with Gasteiger partial charge in [0.05, 0.1) is 5.70 Å². The van der Waals surface area contributed by atoms with Crippen molar-refractivity contribution < 1.29 is 4.79 Å². The lowest BCUT2D eigenvalue weighted by molar-refractivity contribution is 0.0939. The van der Waals surface area contributed by atoms with E-state index in [9.17, 15) is 4.79 Å². The number of hydrogen-bond donors (Lipinski definition) is 2. The van der Waals surface area contributed by atoms with Crippen molar-refractivity contribution in [2.24, 2.45) is 5.92 Å². The standard InChI is InChI=1S/C21H28N2O/c1-14(2)17-8-7-15(3)19(13-17)22-23-20(24)16-9-11-18(12-10-16)21(4,5)6/h7,9-13,17,22H,1,8H2,2-6H3,(H,23,24). The van der Waals surface area contributed by atoms with Gasteiger partial charge in [-0.2, -0.15) is 0 Å². The molecule has 0 saturated carbocycles. The molecule has 2 N–H and O–H groups in total. The lowest BCUT2D eigenvalue weighted by Crippen LogP contribution is -2.37. The first kappa shape index (κ1) is 18.1. The highest BCUT2D eigenvalue weighted by Crippen LogP contribution is 2.25. The van der Waals surface area contributed by atoms with Crippen molar-refractivity contribution in [1.29, 1.82) is 0 Å². The number of benzene rings is 1. The molecule has 1 aromatic carbocycles. The smallest absolute Gasteiger partial charge is 0.269 e. The van der Waals surface area contributed by atoms with Gasteiger partial charge in [0, 0.05) is 11.5 Å². The van der Waals surface area contributed by atoms with Gasteiger partial charge in [-0.3, -0.25) is 15.6 Å². The zero-order valence-electron chi connectivity index (χ0n) is 15.4. The van der Waals surface area contributed by atoms with E-state index in [1.807, 2.05) is 38.1 Å². The molecule has 1 aliphatic rings. The molecule has 3 heteroatoms. The van der Waals surface area contributed by atoms with Crippen LogP contribution in [0.1, 0.15) is 57.0 Å². The fourth-order valence-electron chi connectivity index (χ4n) is 2.62. The molecule has 128 valence electrons. The van der Waals surface area contributed by atoms with E-state index in [2.05, 4.69) is 50.4 Å². The van der Waals surface area contributed by atoms with Crippen LogP contribution in [-0.2, 0) is 5.41 Å². The average molecular weight is 324 g/mol. The molecule has 1 unspecified atom stereocenters. The Bertz CT molecular complexity index is 688. The summed E-state index contributed by atoms with van der Waals surface area (Å²) in [5.41, 5.74) is 11.0. The molecule has 1 aromatic rings. The highest BCUT2D eigenvalue weighted by atomic mass is 16.2. The van der Waals surface area contributed by atoms with E-state index in [1.165, 1.54) is 5.56 Å². The molecule has 0 spiro atoms. The van der Waals surface area contributed by atoms with Crippen LogP contribution in [0.2, 0.25) is 0 Å². The summed E-state index contributed by atoms with van der Waals surface area (Å²) in [6, 6.07) is 7.76. The Kier molecular flexibility index (Phi) is 5.33. The zero-order valence-corrected chi connectivity index (χ0v) is 15.4. The van der Waals surface area contributed by atoms with Crippen LogP contribution in [0.3, 0.4) is 0 Å². The van der Waals surface area contributed by atoms with Crippen molar-refractivity contribution in [2.45, 2.75) is 46.5 Å². The minimum atomic E-state index is -0.137. The van der Waals surface area contributed by atoms with Crippen LogP contribution in [-0.4, -0.2) is 5.91 Å².